The van der Waals surface area contributed by atoms with Gasteiger partial charge in [-0.2, -0.15) is 0 Å². The van der Waals surface area contributed by atoms with Crippen molar-refractivity contribution in [3.63, 3.8) is 0 Å². The summed E-state index contributed by atoms with van der Waals surface area (Å²) in [4.78, 5) is 11.8. The van der Waals surface area contributed by atoms with Crippen molar-refractivity contribution < 1.29 is 9.53 Å². The average molecular weight is 264 g/mol. The molecule has 1 aromatic carbocycles. The van der Waals surface area contributed by atoms with Crippen LogP contribution in [-0.4, -0.2) is 18.6 Å². The first-order valence-corrected chi connectivity index (χ1v) is 6.89. The summed E-state index contributed by atoms with van der Waals surface area (Å²) in [6.07, 6.45) is 1.23. The number of nitrogens with one attached hydrogen (secondary N) is 1. The average Bonchev–Trinajstić information content (AvgIpc) is 2.44. The van der Waals surface area contributed by atoms with Crippen LogP contribution in [0.2, 0.25) is 0 Å². The van der Waals surface area contributed by atoms with Gasteiger partial charge in [-0.25, -0.2) is 0 Å². The lowest BCUT2D eigenvalue weighted by molar-refractivity contribution is -0.127. The van der Waals surface area contributed by atoms with Gasteiger partial charge in [0.1, 0.15) is 5.75 Å². The zero-order chi connectivity index (χ0) is 14.3. The van der Waals surface area contributed by atoms with E-state index in [1.54, 1.807) is 6.92 Å². The third-order valence-electron chi connectivity index (χ3n) is 2.98. The van der Waals surface area contributed by atoms with Gasteiger partial charge < -0.3 is 15.8 Å². The summed E-state index contributed by atoms with van der Waals surface area (Å²) in [5, 5.41) is 2.82. The molecular formula is C15H24N2O2. The van der Waals surface area contributed by atoms with Gasteiger partial charge in [0.25, 0.3) is 5.91 Å². The van der Waals surface area contributed by atoms with E-state index in [0.29, 0.717) is 12.3 Å². The van der Waals surface area contributed by atoms with Gasteiger partial charge in [0.15, 0.2) is 6.10 Å². The Morgan fingerprint density at radius 3 is 2.68 bits per heavy atom. The van der Waals surface area contributed by atoms with Gasteiger partial charge >= 0.3 is 0 Å². The fourth-order valence-corrected chi connectivity index (χ4v) is 1.75. The fourth-order valence-electron chi connectivity index (χ4n) is 1.75. The van der Waals surface area contributed by atoms with Gasteiger partial charge in [-0.05, 0) is 25.8 Å². The van der Waals surface area contributed by atoms with Crippen LogP contribution in [0.1, 0.15) is 45.2 Å². The van der Waals surface area contributed by atoms with Gasteiger partial charge in [-0.1, -0.05) is 32.0 Å². The molecule has 2 atom stereocenters. The number of amides is 1. The molecular weight excluding hydrogens is 240 g/mol. The van der Waals surface area contributed by atoms with Crippen LogP contribution in [0.15, 0.2) is 24.3 Å². The van der Waals surface area contributed by atoms with Gasteiger partial charge in [0.2, 0.25) is 0 Å². The minimum atomic E-state index is -0.517. The summed E-state index contributed by atoms with van der Waals surface area (Å²) in [5.41, 5.74) is 6.99. The molecule has 19 heavy (non-hydrogen) atoms. The van der Waals surface area contributed by atoms with Crippen LogP contribution < -0.4 is 15.8 Å². The zero-order valence-electron chi connectivity index (χ0n) is 12.0. The summed E-state index contributed by atoms with van der Waals surface area (Å²) in [6, 6.07) is 7.55. The number of rotatable bonds is 7. The zero-order valence-corrected chi connectivity index (χ0v) is 12.0. The van der Waals surface area contributed by atoms with E-state index in [-0.39, 0.29) is 11.9 Å². The lowest BCUT2D eigenvalue weighted by Gasteiger charge is -2.19. The van der Waals surface area contributed by atoms with E-state index in [2.05, 4.69) is 5.32 Å². The van der Waals surface area contributed by atoms with Crippen molar-refractivity contribution in [3.8, 4) is 5.75 Å². The predicted molar refractivity (Wildman–Crippen MR) is 77.1 cm³/mol. The first-order valence-electron chi connectivity index (χ1n) is 6.89. The Morgan fingerprint density at radius 1 is 1.37 bits per heavy atom. The smallest absolute Gasteiger partial charge is 0.260 e. The molecule has 0 aromatic heterocycles. The highest BCUT2D eigenvalue weighted by molar-refractivity contribution is 5.80. The van der Waals surface area contributed by atoms with E-state index in [1.807, 2.05) is 38.1 Å². The molecule has 4 nitrogen and oxygen atoms in total. The molecule has 1 aromatic rings. The SMILES string of the molecule is CCCNC(=O)C(C)Oc1ccccc1C(N)CC. The fraction of sp³-hybridized carbons (Fsp3) is 0.533. The second kappa shape index (κ2) is 7.79. The highest BCUT2D eigenvalue weighted by Gasteiger charge is 2.17. The number of hydrogen-bond acceptors (Lipinski definition) is 3. The number of benzene rings is 1. The Kier molecular flexibility index (Phi) is 6.36. The topological polar surface area (TPSA) is 64.3 Å². The summed E-state index contributed by atoms with van der Waals surface area (Å²) in [6.45, 7) is 6.46. The van der Waals surface area contributed by atoms with Gasteiger partial charge in [0.05, 0.1) is 0 Å². The Labute approximate surface area is 115 Å². The van der Waals surface area contributed by atoms with Crippen LogP contribution in [0, 0.1) is 0 Å². The predicted octanol–water partition coefficient (Wildman–Crippen LogP) is 2.39. The number of nitrogens with two attached hydrogens (primary N) is 1. The lowest BCUT2D eigenvalue weighted by Crippen LogP contribution is -2.36. The molecule has 0 aliphatic heterocycles. The van der Waals surface area contributed by atoms with E-state index >= 15 is 0 Å². The molecule has 0 heterocycles. The second-order valence-corrected chi connectivity index (χ2v) is 4.60. The van der Waals surface area contributed by atoms with Crippen LogP contribution in [0.25, 0.3) is 0 Å². The Balaban J connectivity index is 2.73. The first-order chi connectivity index (χ1) is 9.10. The highest BCUT2D eigenvalue weighted by atomic mass is 16.5. The molecule has 0 aliphatic carbocycles. The van der Waals surface area contributed by atoms with Gasteiger partial charge in [-0.15, -0.1) is 0 Å². The van der Waals surface area contributed by atoms with Crippen molar-refractivity contribution in [1.82, 2.24) is 5.32 Å². The molecule has 1 amide bonds. The van der Waals surface area contributed by atoms with Gasteiger partial charge in [0, 0.05) is 18.2 Å². The molecule has 3 N–H and O–H groups in total. The highest BCUT2D eigenvalue weighted by Crippen LogP contribution is 2.26. The van der Waals surface area contributed by atoms with Crippen molar-refractivity contribution in [3.05, 3.63) is 29.8 Å². The third-order valence-corrected chi connectivity index (χ3v) is 2.98. The standard InChI is InChI=1S/C15H24N2O2/c1-4-10-17-15(18)11(3)19-14-9-7-6-8-12(14)13(16)5-2/h6-9,11,13H,4-5,10,16H2,1-3H3,(H,17,18). The minimum absolute atomic E-state index is 0.0675. The van der Waals surface area contributed by atoms with Crippen molar-refractivity contribution in [1.29, 1.82) is 0 Å². The maximum absolute atomic E-state index is 11.8. The molecule has 0 radical (unpaired) electrons. The molecule has 0 fully saturated rings. The van der Waals surface area contributed by atoms with E-state index in [1.165, 1.54) is 0 Å². The monoisotopic (exact) mass is 264 g/mol. The molecule has 1 rings (SSSR count). The van der Waals surface area contributed by atoms with E-state index < -0.39 is 6.10 Å². The van der Waals surface area contributed by atoms with E-state index in [9.17, 15) is 4.79 Å². The molecule has 0 spiro atoms. The van der Waals surface area contributed by atoms with Crippen LogP contribution >= 0.6 is 0 Å². The molecule has 0 bridgehead atoms. The molecule has 0 aliphatic rings. The maximum Gasteiger partial charge on any atom is 0.260 e. The number of para-hydroxylation sites is 1. The summed E-state index contributed by atoms with van der Waals surface area (Å²) >= 11 is 0. The van der Waals surface area contributed by atoms with Crippen LogP contribution in [-0.2, 0) is 4.79 Å². The van der Waals surface area contributed by atoms with Crippen molar-refractivity contribution >= 4 is 5.91 Å². The van der Waals surface area contributed by atoms with Crippen LogP contribution in [0.5, 0.6) is 5.75 Å². The summed E-state index contributed by atoms with van der Waals surface area (Å²) in [5.74, 6) is 0.595. The normalized spacial score (nSPS) is 13.7. The number of hydrogen-bond donors (Lipinski definition) is 2. The Hall–Kier alpha value is -1.55. The minimum Gasteiger partial charge on any atom is -0.481 e. The summed E-state index contributed by atoms with van der Waals surface area (Å²) < 4.78 is 5.74. The quantitative estimate of drug-likeness (QED) is 0.794. The first kappa shape index (κ1) is 15.5. The van der Waals surface area contributed by atoms with Crippen molar-refractivity contribution in [2.24, 2.45) is 5.73 Å². The number of ether oxygens (including phenoxy) is 1. The summed E-state index contributed by atoms with van der Waals surface area (Å²) in [7, 11) is 0. The largest absolute Gasteiger partial charge is 0.481 e. The van der Waals surface area contributed by atoms with E-state index in [0.717, 1.165) is 18.4 Å². The van der Waals surface area contributed by atoms with Crippen LogP contribution in [0.4, 0.5) is 0 Å². The number of carbonyl (C=O) groups excluding carboxylic acids is 1. The maximum atomic E-state index is 11.8. The van der Waals surface area contributed by atoms with Crippen LogP contribution in [0.3, 0.4) is 0 Å². The van der Waals surface area contributed by atoms with E-state index in [4.69, 9.17) is 10.5 Å². The lowest BCUT2D eigenvalue weighted by atomic mass is 10.0. The van der Waals surface area contributed by atoms with Gasteiger partial charge in [-0.3, -0.25) is 4.79 Å². The van der Waals surface area contributed by atoms with Crippen molar-refractivity contribution in [2.45, 2.75) is 45.8 Å². The molecule has 4 heteroatoms. The molecule has 2 unspecified atom stereocenters. The second-order valence-electron chi connectivity index (χ2n) is 4.60. The molecule has 106 valence electrons. The Bertz CT molecular complexity index is 407. The number of carbonyl (C=O) groups is 1. The van der Waals surface area contributed by atoms with Crippen molar-refractivity contribution in [2.75, 3.05) is 6.54 Å². The molecule has 0 saturated heterocycles. The Morgan fingerprint density at radius 2 is 2.05 bits per heavy atom. The molecule has 0 saturated carbocycles. The third kappa shape index (κ3) is 4.56.